The van der Waals surface area contributed by atoms with Gasteiger partial charge in [0.05, 0.1) is 21.5 Å². The maximum atomic E-state index is 12.8. The topological polar surface area (TPSA) is 70.5 Å². The molecule has 0 radical (unpaired) electrons. The number of hydrogen-bond acceptors (Lipinski definition) is 6. The van der Waals surface area contributed by atoms with Crippen LogP contribution < -0.4 is 16.0 Å². The fourth-order valence-corrected chi connectivity index (χ4v) is 5.00. The zero-order valence-electron chi connectivity index (χ0n) is 16.7. The van der Waals surface area contributed by atoms with Gasteiger partial charge in [-0.25, -0.2) is 9.47 Å². The van der Waals surface area contributed by atoms with Gasteiger partial charge in [0.25, 0.3) is 0 Å². The highest BCUT2D eigenvalue weighted by Crippen LogP contribution is 2.30. The molecule has 1 aromatic heterocycles. The summed E-state index contributed by atoms with van der Waals surface area (Å²) in [5.41, 5.74) is 2.47. The number of benzene rings is 1. The van der Waals surface area contributed by atoms with E-state index in [4.69, 9.17) is 23.2 Å². The molecule has 1 aliphatic heterocycles. The van der Waals surface area contributed by atoms with Crippen LogP contribution in [-0.4, -0.2) is 59.4 Å². The number of nitrogens with zero attached hydrogens (tertiary/aromatic N) is 4. The van der Waals surface area contributed by atoms with E-state index in [2.05, 4.69) is 27.3 Å². The van der Waals surface area contributed by atoms with Gasteiger partial charge in [-0.3, -0.25) is 4.79 Å². The number of piperazine rings is 1. The molecule has 1 aromatic carbocycles. The van der Waals surface area contributed by atoms with Crippen molar-refractivity contribution >= 4 is 46.6 Å². The lowest BCUT2D eigenvalue weighted by molar-refractivity contribution is -0.113. The van der Waals surface area contributed by atoms with Crippen LogP contribution in [0.5, 0.6) is 0 Å². The van der Waals surface area contributed by atoms with Gasteiger partial charge in [0.1, 0.15) is 5.03 Å². The Balaban J connectivity index is 1.48. The van der Waals surface area contributed by atoms with Crippen molar-refractivity contribution in [1.29, 1.82) is 0 Å². The Morgan fingerprint density at radius 3 is 2.67 bits per heavy atom. The molecule has 1 fully saturated rings. The predicted molar refractivity (Wildman–Crippen MR) is 122 cm³/mol. The second-order valence-corrected chi connectivity index (χ2v) is 9.29. The second-order valence-electron chi connectivity index (χ2n) is 7.51. The summed E-state index contributed by atoms with van der Waals surface area (Å²) in [5.74, 6) is -0.0207. The Kier molecular flexibility index (Phi) is 6.57. The minimum absolute atomic E-state index is 0.164. The number of rotatable bonds is 5. The van der Waals surface area contributed by atoms with Crippen molar-refractivity contribution in [2.75, 3.05) is 49.3 Å². The number of thioether (sulfide) groups is 1. The third kappa shape index (κ3) is 4.61. The third-order valence-corrected chi connectivity index (χ3v) is 7.14. The number of aromatic nitrogens is 2. The number of likely N-dealkylation sites (N-methyl/N-ethyl adjacent to an activating group) is 1. The van der Waals surface area contributed by atoms with Crippen molar-refractivity contribution in [2.24, 2.45) is 0 Å². The summed E-state index contributed by atoms with van der Waals surface area (Å²) >= 11 is 13.2. The predicted octanol–water partition coefficient (Wildman–Crippen LogP) is 2.65. The molecule has 0 unspecified atom stereocenters. The fraction of sp³-hybridized carbons (Fsp3) is 0.450. The zero-order chi connectivity index (χ0) is 21.3. The molecular formula is C20H23Cl2N5O2S. The summed E-state index contributed by atoms with van der Waals surface area (Å²) in [7, 11) is 2.09. The monoisotopic (exact) mass is 467 g/mol. The van der Waals surface area contributed by atoms with Crippen LogP contribution >= 0.6 is 35.0 Å². The Hall–Kier alpha value is -1.74. The lowest BCUT2D eigenvalue weighted by Gasteiger charge is -2.35. The summed E-state index contributed by atoms with van der Waals surface area (Å²) < 4.78 is 1.77. The quantitative estimate of drug-likeness (QED) is 0.538. The Morgan fingerprint density at radius 2 is 1.93 bits per heavy atom. The first-order chi connectivity index (χ1) is 14.4. The molecule has 1 N–H and O–H groups in total. The molecule has 2 heterocycles. The summed E-state index contributed by atoms with van der Waals surface area (Å²) in [6.45, 7) is 3.46. The zero-order valence-corrected chi connectivity index (χ0v) is 19.0. The molecule has 0 spiro atoms. The van der Waals surface area contributed by atoms with Crippen LogP contribution in [0.3, 0.4) is 0 Å². The molecule has 1 saturated heterocycles. The highest BCUT2D eigenvalue weighted by molar-refractivity contribution is 8.00. The van der Waals surface area contributed by atoms with Crippen LogP contribution in [0.15, 0.2) is 28.0 Å². The average molecular weight is 468 g/mol. The van der Waals surface area contributed by atoms with E-state index in [9.17, 15) is 9.59 Å². The Morgan fingerprint density at radius 1 is 1.17 bits per heavy atom. The van der Waals surface area contributed by atoms with Crippen molar-refractivity contribution in [3.05, 3.63) is 50.0 Å². The number of hydrogen-bond donors (Lipinski definition) is 1. The third-order valence-electron chi connectivity index (χ3n) is 5.39. The van der Waals surface area contributed by atoms with E-state index in [0.29, 0.717) is 20.8 Å². The van der Waals surface area contributed by atoms with Crippen molar-refractivity contribution in [3.63, 3.8) is 0 Å². The number of carbonyl (C=O) groups is 1. The van der Waals surface area contributed by atoms with Gasteiger partial charge in [-0.1, -0.05) is 35.0 Å². The first-order valence-corrected chi connectivity index (χ1v) is 11.6. The van der Waals surface area contributed by atoms with Gasteiger partial charge in [-0.2, -0.15) is 4.98 Å². The van der Waals surface area contributed by atoms with Crippen molar-refractivity contribution in [3.8, 4) is 0 Å². The van der Waals surface area contributed by atoms with Crippen LogP contribution in [0.4, 0.5) is 5.69 Å². The van der Waals surface area contributed by atoms with Gasteiger partial charge in [0.15, 0.2) is 0 Å². The number of nitrogens with one attached hydrogen (secondary N) is 1. The van der Waals surface area contributed by atoms with E-state index in [1.54, 1.807) is 22.9 Å². The summed E-state index contributed by atoms with van der Waals surface area (Å²) in [6.07, 6.45) is 2.74. The molecule has 2 aliphatic rings. The number of carbonyl (C=O) groups excluding carboxylic acids is 1. The number of fused-ring (bicyclic) bond motifs is 1. The van der Waals surface area contributed by atoms with Crippen LogP contribution in [0.2, 0.25) is 10.0 Å². The second kappa shape index (κ2) is 9.18. The average Bonchev–Trinajstić information content (AvgIpc) is 3.20. The molecule has 4 rings (SSSR count). The van der Waals surface area contributed by atoms with E-state index in [-0.39, 0.29) is 17.3 Å². The first-order valence-electron chi connectivity index (χ1n) is 9.88. The molecule has 1 aliphatic carbocycles. The molecule has 10 heteroatoms. The highest BCUT2D eigenvalue weighted by Gasteiger charge is 2.26. The summed E-state index contributed by atoms with van der Waals surface area (Å²) in [6, 6.07) is 4.95. The number of anilines is 1. The van der Waals surface area contributed by atoms with Crippen LogP contribution in [0.25, 0.3) is 0 Å². The molecule has 30 heavy (non-hydrogen) atoms. The Bertz CT molecular complexity index is 1020. The largest absolute Gasteiger partial charge is 0.367 e. The molecule has 7 nitrogen and oxygen atoms in total. The first kappa shape index (κ1) is 21.5. The van der Waals surface area contributed by atoms with E-state index < -0.39 is 0 Å². The van der Waals surface area contributed by atoms with E-state index >= 15 is 0 Å². The van der Waals surface area contributed by atoms with Crippen molar-refractivity contribution in [1.82, 2.24) is 14.6 Å². The van der Waals surface area contributed by atoms with Crippen molar-refractivity contribution in [2.45, 2.75) is 24.3 Å². The van der Waals surface area contributed by atoms with Gasteiger partial charge < -0.3 is 15.2 Å². The lowest BCUT2D eigenvalue weighted by Crippen LogP contribution is -2.54. The smallest absolute Gasteiger partial charge is 0.325 e. The van der Waals surface area contributed by atoms with Gasteiger partial charge in [0, 0.05) is 37.4 Å². The molecule has 2 aromatic rings. The molecule has 0 atom stereocenters. The van der Waals surface area contributed by atoms with E-state index in [0.717, 1.165) is 56.7 Å². The van der Waals surface area contributed by atoms with Crippen LogP contribution in [0, 0.1) is 0 Å². The molecule has 0 saturated carbocycles. The number of amides is 1. The Labute approximate surface area is 189 Å². The normalized spacial score (nSPS) is 16.6. The maximum absolute atomic E-state index is 12.8. The minimum Gasteiger partial charge on any atom is -0.325 e. The van der Waals surface area contributed by atoms with Gasteiger partial charge in [-0.05, 0) is 44.5 Å². The summed E-state index contributed by atoms with van der Waals surface area (Å²) in [4.78, 5) is 31.8. The van der Waals surface area contributed by atoms with E-state index in [1.807, 2.05) is 0 Å². The number of halogens is 2. The van der Waals surface area contributed by atoms with Gasteiger partial charge in [-0.15, -0.1) is 0 Å². The molecule has 160 valence electrons. The maximum Gasteiger partial charge on any atom is 0.367 e. The van der Waals surface area contributed by atoms with Gasteiger partial charge in [0.2, 0.25) is 5.91 Å². The van der Waals surface area contributed by atoms with Gasteiger partial charge >= 0.3 is 5.69 Å². The lowest BCUT2D eigenvalue weighted by atomic mass is 10.3. The fourth-order valence-electron chi connectivity index (χ4n) is 3.82. The van der Waals surface area contributed by atoms with Crippen LogP contribution in [-0.2, 0) is 17.6 Å². The van der Waals surface area contributed by atoms with E-state index in [1.165, 1.54) is 11.8 Å². The van der Waals surface area contributed by atoms with Crippen molar-refractivity contribution < 1.29 is 4.79 Å². The molecule has 0 bridgehead atoms. The summed E-state index contributed by atoms with van der Waals surface area (Å²) in [5, 5.41) is 6.39. The highest BCUT2D eigenvalue weighted by atomic mass is 35.5. The minimum atomic E-state index is -0.257. The SMILES string of the molecule is CN1CCN(n2c3c(c(SCC(=O)Nc4ccc(Cl)c(Cl)c4)nc2=O)CCC3)CC1. The van der Waals surface area contributed by atoms with Crippen LogP contribution in [0.1, 0.15) is 17.7 Å². The molecular weight excluding hydrogens is 445 g/mol. The molecule has 1 amide bonds. The standard InChI is InChI=1S/C20H23Cl2N5O2S/c1-25-7-9-26(10-8-25)27-17-4-2-3-14(17)19(24-20(27)29)30-12-18(28)23-13-5-6-15(21)16(22)11-13/h5-6,11H,2-4,7-10,12H2,1H3,(H,23,28).